The van der Waals surface area contributed by atoms with Crippen LogP contribution in [0.4, 0.5) is 11.9 Å². The van der Waals surface area contributed by atoms with Crippen molar-refractivity contribution in [2.75, 3.05) is 11.5 Å². The minimum absolute atomic E-state index is 0.0365. The fourth-order valence-electron chi connectivity index (χ4n) is 3.86. The maximum absolute atomic E-state index is 13.6. The molecule has 4 heterocycles. The highest BCUT2D eigenvalue weighted by atomic mass is 32.2. The Balaban J connectivity index is 1.58. The summed E-state index contributed by atoms with van der Waals surface area (Å²) in [4.78, 5) is 32.6. The summed E-state index contributed by atoms with van der Waals surface area (Å²) < 4.78 is 7.17. The highest BCUT2D eigenvalue weighted by Crippen LogP contribution is 2.36. The lowest BCUT2D eigenvalue weighted by Crippen LogP contribution is -2.24. The average Bonchev–Trinajstić information content (AvgIpc) is 3.35. The monoisotopic (exact) mass is 455 g/mol. The van der Waals surface area contributed by atoms with Crippen LogP contribution in [0.25, 0.3) is 10.2 Å². The second-order valence-electron chi connectivity index (χ2n) is 7.65. The van der Waals surface area contributed by atoms with Crippen molar-refractivity contribution in [3.8, 4) is 0 Å². The number of rotatable bonds is 5. The molecular formula is C20H21N7O2S2. The van der Waals surface area contributed by atoms with Crippen molar-refractivity contribution in [1.82, 2.24) is 24.5 Å². The number of thiophene rings is 1. The maximum atomic E-state index is 13.6. The standard InChI is InChI=1S/C20H21N7O2S2/c1-10-4-5-12-13(7-10)31-16-15(12)17(28)27(8-11-3-2-6-29-11)20(25-16)30-9-14-23-18(21)26-19(22)24-14/h2-3,6,10H,4-5,7-9H2,1H3,(H4,21,22,23,24,26). The predicted octanol–water partition coefficient (Wildman–Crippen LogP) is 2.87. The van der Waals surface area contributed by atoms with E-state index in [9.17, 15) is 4.79 Å². The first-order chi connectivity index (χ1) is 15.0. The number of nitrogen functional groups attached to an aromatic ring is 2. The van der Waals surface area contributed by atoms with Gasteiger partial charge in [-0.15, -0.1) is 11.3 Å². The van der Waals surface area contributed by atoms with Crippen molar-refractivity contribution < 1.29 is 4.42 Å². The molecule has 0 saturated heterocycles. The van der Waals surface area contributed by atoms with Gasteiger partial charge in [-0.05, 0) is 42.9 Å². The molecule has 0 aliphatic heterocycles. The third-order valence-electron chi connectivity index (χ3n) is 5.32. The number of aryl methyl sites for hydroxylation is 1. The van der Waals surface area contributed by atoms with Crippen LogP contribution in [-0.2, 0) is 25.1 Å². The Morgan fingerprint density at radius 2 is 2.06 bits per heavy atom. The first kappa shape index (κ1) is 20.0. The smallest absolute Gasteiger partial charge is 0.263 e. The van der Waals surface area contributed by atoms with Gasteiger partial charge in [0, 0.05) is 4.88 Å². The van der Waals surface area contributed by atoms with Gasteiger partial charge in [0.05, 0.1) is 23.9 Å². The Labute approximate surface area is 185 Å². The van der Waals surface area contributed by atoms with E-state index in [1.54, 1.807) is 22.2 Å². The molecule has 0 saturated carbocycles. The fourth-order valence-corrected chi connectivity index (χ4v) is 6.14. The molecule has 0 spiro atoms. The van der Waals surface area contributed by atoms with Crippen molar-refractivity contribution in [3.63, 3.8) is 0 Å². The van der Waals surface area contributed by atoms with Crippen LogP contribution < -0.4 is 17.0 Å². The maximum Gasteiger partial charge on any atom is 0.263 e. The number of furan rings is 1. The largest absolute Gasteiger partial charge is 0.467 e. The molecule has 160 valence electrons. The SMILES string of the molecule is CC1CCc2c(sc3nc(SCc4nc(N)nc(N)n4)n(Cc4ccco4)c(=O)c23)C1. The number of anilines is 2. The molecule has 0 bridgehead atoms. The van der Waals surface area contributed by atoms with E-state index in [1.807, 2.05) is 12.1 Å². The van der Waals surface area contributed by atoms with Gasteiger partial charge in [-0.3, -0.25) is 9.36 Å². The first-order valence-electron chi connectivity index (χ1n) is 9.94. The molecule has 1 aliphatic rings. The van der Waals surface area contributed by atoms with E-state index in [0.717, 1.165) is 29.5 Å². The van der Waals surface area contributed by atoms with Crippen LogP contribution >= 0.6 is 23.1 Å². The molecule has 0 fully saturated rings. The third kappa shape index (κ3) is 3.90. The van der Waals surface area contributed by atoms with Crippen LogP contribution in [0.1, 0.15) is 35.4 Å². The molecule has 0 amide bonds. The lowest BCUT2D eigenvalue weighted by Gasteiger charge is -2.17. The van der Waals surface area contributed by atoms with E-state index in [4.69, 9.17) is 20.9 Å². The van der Waals surface area contributed by atoms with Gasteiger partial charge >= 0.3 is 0 Å². The molecule has 1 aliphatic carbocycles. The van der Waals surface area contributed by atoms with Crippen LogP contribution in [0.5, 0.6) is 0 Å². The molecule has 0 aromatic carbocycles. The van der Waals surface area contributed by atoms with Gasteiger partial charge in [-0.25, -0.2) is 4.98 Å². The van der Waals surface area contributed by atoms with Gasteiger partial charge in [0.15, 0.2) is 5.16 Å². The number of nitrogens with two attached hydrogens (primary N) is 2. The Morgan fingerprint density at radius 3 is 2.81 bits per heavy atom. The molecule has 1 unspecified atom stereocenters. The molecule has 31 heavy (non-hydrogen) atoms. The number of nitrogens with zero attached hydrogens (tertiary/aromatic N) is 5. The molecule has 0 radical (unpaired) electrons. The lowest BCUT2D eigenvalue weighted by atomic mass is 9.89. The second-order valence-corrected chi connectivity index (χ2v) is 9.68. The summed E-state index contributed by atoms with van der Waals surface area (Å²) in [6, 6.07) is 3.66. The summed E-state index contributed by atoms with van der Waals surface area (Å²) in [5, 5.41) is 1.33. The summed E-state index contributed by atoms with van der Waals surface area (Å²) in [7, 11) is 0. The molecule has 4 aromatic heterocycles. The number of thioether (sulfide) groups is 1. The van der Waals surface area contributed by atoms with E-state index in [1.165, 1.54) is 22.2 Å². The van der Waals surface area contributed by atoms with Crippen LogP contribution in [0, 0.1) is 5.92 Å². The van der Waals surface area contributed by atoms with Gasteiger partial charge in [0.2, 0.25) is 11.9 Å². The predicted molar refractivity (Wildman–Crippen MR) is 121 cm³/mol. The zero-order chi connectivity index (χ0) is 21.5. The third-order valence-corrected chi connectivity index (χ3v) is 7.44. The van der Waals surface area contributed by atoms with E-state index >= 15 is 0 Å². The van der Waals surface area contributed by atoms with Gasteiger partial charge < -0.3 is 15.9 Å². The Hall–Kier alpha value is -2.92. The van der Waals surface area contributed by atoms with Crippen LogP contribution in [0.2, 0.25) is 0 Å². The van der Waals surface area contributed by atoms with Crippen molar-refractivity contribution in [1.29, 1.82) is 0 Å². The Bertz CT molecular complexity index is 1290. The topological polar surface area (TPSA) is 139 Å². The summed E-state index contributed by atoms with van der Waals surface area (Å²) in [6.45, 7) is 2.56. The Morgan fingerprint density at radius 1 is 1.26 bits per heavy atom. The number of fused-ring (bicyclic) bond motifs is 3. The van der Waals surface area contributed by atoms with Crippen molar-refractivity contribution in [2.45, 2.75) is 43.6 Å². The summed E-state index contributed by atoms with van der Waals surface area (Å²) in [5.41, 5.74) is 12.5. The van der Waals surface area contributed by atoms with E-state index in [-0.39, 0.29) is 17.5 Å². The normalized spacial score (nSPS) is 16.0. The molecule has 4 N–H and O–H groups in total. The molecule has 11 heteroatoms. The summed E-state index contributed by atoms with van der Waals surface area (Å²) in [5.74, 6) is 2.25. The van der Waals surface area contributed by atoms with Gasteiger partial charge in [-0.1, -0.05) is 18.7 Å². The molecule has 9 nitrogen and oxygen atoms in total. The van der Waals surface area contributed by atoms with E-state index in [0.29, 0.717) is 35.0 Å². The molecule has 5 rings (SSSR count). The highest BCUT2D eigenvalue weighted by Gasteiger charge is 2.25. The Kier molecular flexibility index (Phi) is 5.14. The van der Waals surface area contributed by atoms with Crippen LogP contribution in [-0.4, -0.2) is 24.5 Å². The van der Waals surface area contributed by atoms with Gasteiger partial charge in [0.25, 0.3) is 5.56 Å². The number of hydrogen-bond acceptors (Lipinski definition) is 10. The van der Waals surface area contributed by atoms with Crippen LogP contribution in [0.15, 0.2) is 32.8 Å². The van der Waals surface area contributed by atoms with E-state index in [2.05, 4.69) is 21.9 Å². The van der Waals surface area contributed by atoms with Crippen molar-refractivity contribution in [3.05, 3.63) is 50.8 Å². The fraction of sp³-hybridized carbons (Fsp3) is 0.350. The van der Waals surface area contributed by atoms with Gasteiger partial charge in [0.1, 0.15) is 16.4 Å². The highest BCUT2D eigenvalue weighted by molar-refractivity contribution is 7.98. The summed E-state index contributed by atoms with van der Waals surface area (Å²) in [6.07, 6.45) is 4.61. The molecular weight excluding hydrogens is 434 g/mol. The lowest BCUT2D eigenvalue weighted by molar-refractivity contribution is 0.476. The minimum atomic E-state index is -0.0365. The molecule has 1 atom stereocenters. The van der Waals surface area contributed by atoms with Crippen molar-refractivity contribution in [2.24, 2.45) is 5.92 Å². The molecule has 4 aromatic rings. The van der Waals surface area contributed by atoms with Gasteiger partial charge in [-0.2, -0.15) is 15.0 Å². The average molecular weight is 456 g/mol. The zero-order valence-electron chi connectivity index (χ0n) is 16.9. The number of aromatic nitrogens is 5. The van der Waals surface area contributed by atoms with E-state index < -0.39 is 0 Å². The summed E-state index contributed by atoms with van der Waals surface area (Å²) >= 11 is 3.00. The first-order valence-corrected chi connectivity index (χ1v) is 11.7. The number of hydrogen-bond donors (Lipinski definition) is 2. The van der Waals surface area contributed by atoms with Crippen LogP contribution in [0.3, 0.4) is 0 Å². The quantitative estimate of drug-likeness (QED) is 0.343. The second kappa shape index (κ2) is 7.97. The minimum Gasteiger partial charge on any atom is -0.467 e. The van der Waals surface area contributed by atoms with Crippen molar-refractivity contribution >= 4 is 45.2 Å². The zero-order valence-corrected chi connectivity index (χ0v) is 18.5.